The van der Waals surface area contributed by atoms with Crippen molar-refractivity contribution in [2.24, 2.45) is 15.9 Å². The summed E-state index contributed by atoms with van der Waals surface area (Å²) in [5.41, 5.74) is 4.28. The second-order valence-corrected chi connectivity index (χ2v) is 8.11. The number of fused-ring (bicyclic) bond motifs is 3. The maximum Gasteiger partial charge on any atom is 0.357 e. The van der Waals surface area contributed by atoms with Gasteiger partial charge in [-0.15, -0.1) is 0 Å². The van der Waals surface area contributed by atoms with Crippen LogP contribution in [0, 0.1) is 23.3 Å². The lowest BCUT2D eigenvalue weighted by Gasteiger charge is -2.21. The molecule has 1 aliphatic carbocycles. The smallest absolute Gasteiger partial charge is 0.357 e. The first-order chi connectivity index (χ1) is 13.6. The van der Waals surface area contributed by atoms with Gasteiger partial charge in [-0.1, -0.05) is 37.5 Å². The number of carbonyl (C=O) groups excluding carboxylic acids is 1. The number of benzene rings is 2. The highest BCUT2D eigenvalue weighted by Gasteiger charge is 2.26. The Labute approximate surface area is 164 Å². The number of nitrogens with zero attached hydrogens (tertiary/aromatic N) is 2. The minimum absolute atomic E-state index is 0.295. The summed E-state index contributed by atoms with van der Waals surface area (Å²) in [6.07, 6.45) is 6.12. The van der Waals surface area contributed by atoms with Crippen molar-refractivity contribution in [2.45, 2.75) is 46.0 Å². The summed E-state index contributed by atoms with van der Waals surface area (Å²) in [4.78, 5) is 22.2. The second-order valence-electron chi connectivity index (χ2n) is 8.11. The topological polar surface area (TPSA) is 51.0 Å². The Morgan fingerprint density at radius 3 is 2.68 bits per heavy atom. The molecule has 28 heavy (non-hydrogen) atoms. The van der Waals surface area contributed by atoms with E-state index in [1.165, 1.54) is 19.3 Å². The van der Waals surface area contributed by atoms with Crippen LogP contribution < -0.4 is 10.6 Å². The molecule has 1 saturated carbocycles. The Kier molecular flexibility index (Phi) is 4.15. The van der Waals surface area contributed by atoms with E-state index in [1.54, 1.807) is 0 Å². The van der Waals surface area contributed by atoms with Crippen LogP contribution in [0.2, 0.25) is 0 Å². The molecular weight excluding hydrogens is 348 g/mol. The molecule has 0 saturated heterocycles. The monoisotopic (exact) mass is 372 g/mol. The van der Waals surface area contributed by atoms with Crippen LogP contribution in [0.5, 0.6) is 0 Å². The number of hydrogen-bond acceptors (Lipinski definition) is 4. The van der Waals surface area contributed by atoms with Crippen LogP contribution in [-0.4, -0.2) is 18.3 Å². The molecule has 142 valence electrons. The molecule has 2 aliphatic heterocycles. The molecule has 0 amide bonds. The van der Waals surface area contributed by atoms with Crippen LogP contribution in [0.25, 0.3) is 5.57 Å². The Morgan fingerprint density at radius 1 is 1.07 bits per heavy atom. The maximum atomic E-state index is 12.7. The molecule has 0 atom stereocenters. The third kappa shape index (κ3) is 2.70. The molecule has 2 aromatic rings. The molecule has 0 unspecified atom stereocenters. The highest BCUT2D eigenvalue weighted by Crippen LogP contribution is 2.29. The number of ether oxygens (including phenoxy) is 1. The van der Waals surface area contributed by atoms with Gasteiger partial charge in [0.25, 0.3) is 0 Å². The van der Waals surface area contributed by atoms with Gasteiger partial charge in [-0.3, -0.25) is 0 Å². The average molecular weight is 372 g/mol. The van der Waals surface area contributed by atoms with Gasteiger partial charge in [0.15, 0.2) is 5.71 Å². The first-order valence-corrected chi connectivity index (χ1v) is 10.2. The molecule has 4 nitrogen and oxygen atoms in total. The quantitative estimate of drug-likeness (QED) is 0.654. The predicted molar refractivity (Wildman–Crippen MR) is 109 cm³/mol. The zero-order valence-corrected chi connectivity index (χ0v) is 16.4. The molecule has 2 heterocycles. The molecule has 3 aliphatic rings. The number of carbonyl (C=O) groups is 1. The van der Waals surface area contributed by atoms with Crippen LogP contribution >= 0.6 is 0 Å². The van der Waals surface area contributed by atoms with E-state index in [1.807, 2.05) is 25.1 Å². The number of rotatable bonds is 3. The lowest BCUT2D eigenvalue weighted by molar-refractivity contribution is -0.137. The standard InChI is InChI=1S/C24H24N2O2/c1-14-21-15(2)23(24(27)28-13-16-8-4-3-5-9-16)26-20(21)12-18-17-10-6-7-11-19(17)25-22(14)18/h6-7,10-12,16H,3-5,8-9,13H2,1-2H3. The molecule has 1 fully saturated rings. The Balaban J connectivity index is 1.51. The van der Waals surface area contributed by atoms with Crippen molar-refractivity contribution >= 4 is 28.6 Å². The van der Waals surface area contributed by atoms with Gasteiger partial charge in [0.2, 0.25) is 0 Å². The van der Waals surface area contributed by atoms with Crippen LogP contribution in [0.3, 0.4) is 0 Å². The number of aliphatic imine (C=N–C) groups is 1. The van der Waals surface area contributed by atoms with E-state index in [9.17, 15) is 4.79 Å². The van der Waals surface area contributed by atoms with Crippen molar-refractivity contribution in [3.63, 3.8) is 0 Å². The van der Waals surface area contributed by atoms with Crippen LogP contribution in [-0.2, 0) is 9.53 Å². The van der Waals surface area contributed by atoms with Gasteiger partial charge in [-0.25, -0.2) is 14.8 Å². The van der Waals surface area contributed by atoms with Crippen molar-refractivity contribution in [3.05, 3.63) is 56.9 Å². The minimum Gasteiger partial charge on any atom is -0.461 e. The van der Waals surface area contributed by atoms with E-state index < -0.39 is 0 Å². The highest BCUT2D eigenvalue weighted by molar-refractivity contribution is 6.53. The van der Waals surface area contributed by atoms with Crippen LogP contribution in [0.1, 0.15) is 44.6 Å². The summed E-state index contributed by atoms with van der Waals surface area (Å²) in [6, 6.07) is 10.2. The average Bonchev–Trinajstić information content (AvgIpc) is 3.26. The lowest BCUT2D eigenvalue weighted by atomic mass is 9.90. The summed E-state index contributed by atoms with van der Waals surface area (Å²) in [5, 5.41) is 4.25. The Morgan fingerprint density at radius 2 is 1.86 bits per heavy atom. The van der Waals surface area contributed by atoms with Gasteiger partial charge >= 0.3 is 5.97 Å². The van der Waals surface area contributed by atoms with E-state index >= 15 is 0 Å². The maximum absolute atomic E-state index is 12.7. The molecule has 5 rings (SSSR count). The normalized spacial score (nSPS) is 17.5. The van der Waals surface area contributed by atoms with Crippen molar-refractivity contribution in [1.29, 1.82) is 0 Å². The van der Waals surface area contributed by atoms with E-state index in [0.29, 0.717) is 18.2 Å². The SMILES string of the molecule is CC1=c2c(cc3c(c2C)N=c2ccccc2=3)N=C1C(=O)OCC1CCCCC1. The third-order valence-electron chi connectivity index (χ3n) is 6.28. The van der Waals surface area contributed by atoms with E-state index in [0.717, 1.165) is 56.4 Å². The van der Waals surface area contributed by atoms with E-state index in [4.69, 9.17) is 9.73 Å². The van der Waals surface area contributed by atoms with Crippen LogP contribution in [0.4, 0.5) is 11.4 Å². The first-order valence-electron chi connectivity index (χ1n) is 10.2. The summed E-state index contributed by atoms with van der Waals surface area (Å²) in [5.74, 6) is 0.208. The molecule has 0 aromatic heterocycles. The van der Waals surface area contributed by atoms with Crippen LogP contribution in [0.15, 0.2) is 40.3 Å². The molecule has 0 bridgehead atoms. The fraction of sp³-hybridized carbons (Fsp3) is 0.375. The summed E-state index contributed by atoms with van der Waals surface area (Å²) >= 11 is 0. The summed E-state index contributed by atoms with van der Waals surface area (Å²) < 4.78 is 5.65. The van der Waals surface area contributed by atoms with Gasteiger partial charge in [0.1, 0.15) is 0 Å². The lowest BCUT2D eigenvalue weighted by Crippen LogP contribution is -2.23. The number of para-hydroxylation sites is 1. The first kappa shape index (κ1) is 17.4. The Bertz CT molecular complexity index is 1230. The molecular formula is C24H24N2O2. The number of hydrogen-bond donors (Lipinski definition) is 0. The zero-order valence-electron chi connectivity index (χ0n) is 16.4. The predicted octanol–water partition coefficient (Wildman–Crippen LogP) is 3.93. The number of esters is 1. The van der Waals surface area contributed by atoms with Gasteiger partial charge in [0.05, 0.1) is 23.3 Å². The van der Waals surface area contributed by atoms with E-state index in [-0.39, 0.29) is 5.97 Å². The molecule has 2 aromatic carbocycles. The molecule has 0 radical (unpaired) electrons. The van der Waals surface area contributed by atoms with Gasteiger partial charge in [-0.2, -0.15) is 0 Å². The van der Waals surface area contributed by atoms with Crippen molar-refractivity contribution in [1.82, 2.24) is 0 Å². The molecule has 0 spiro atoms. The fourth-order valence-corrected chi connectivity index (χ4v) is 4.76. The second kappa shape index (κ2) is 6.69. The zero-order chi connectivity index (χ0) is 19.3. The Hall–Kier alpha value is -2.75. The highest BCUT2D eigenvalue weighted by atomic mass is 16.5. The van der Waals surface area contributed by atoms with Gasteiger partial charge in [0, 0.05) is 15.7 Å². The fourth-order valence-electron chi connectivity index (χ4n) is 4.76. The molecule has 0 N–H and O–H groups in total. The third-order valence-corrected chi connectivity index (χ3v) is 6.28. The molecule has 4 heteroatoms. The van der Waals surface area contributed by atoms with Crippen molar-refractivity contribution in [2.75, 3.05) is 6.61 Å². The van der Waals surface area contributed by atoms with Gasteiger partial charge in [-0.05, 0) is 55.9 Å². The largest absolute Gasteiger partial charge is 0.461 e. The van der Waals surface area contributed by atoms with Gasteiger partial charge < -0.3 is 4.74 Å². The summed E-state index contributed by atoms with van der Waals surface area (Å²) in [6.45, 7) is 4.55. The van der Waals surface area contributed by atoms with E-state index in [2.05, 4.69) is 24.0 Å². The van der Waals surface area contributed by atoms with Crippen molar-refractivity contribution in [3.8, 4) is 0 Å². The summed E-state index contributed by atoms with van der Waals surface area (Å²) in [7, 11) is 0. The minimum atomic E-state index is -0.295. The van der Waals surface area contributed by atoms with Crippen molar-refractivity contribution < 1.29 is 9.53 Å².